The maximum Gasteiger partial charge on any atom is 0.280 e. The van der Waals surface area contributed by atoms with Crippen LogP contribution in [0.1, 0.15) is 17.0 Å². The number of aryl methyl sites for hydroxylation is 2. The molecular formula is C16H13Br2N3O2. The zero-order valence-corrected chi connectivity index (χ0v) is 15.6. The zero-order valence-electron chi connectivity index (χ0n) is 12.4. The van der Waals surface area contributed by atoms with Gasteiger partial charge in [0.2, 0.25) is 0 Å². The van der Waals surface area contributed by atoms with Gasteiger partial charge >= 0.3 is 0 Å². The van der Waals surface area contributed by atoms with Gasteiger partial charge in [-0.1, -0.05) is 0 Å². The van der Waals surface area contributed by atoms with Crippen LogP contribution in [0.5, 0.6) is 5.75 Å². The molecule has 118 valence electrons. The number of nitriles is 1. The lowest BCUT2D eigenvalue weighted by Crippen LogP contribution is -2.25. The highest BCUT2D eigenvalue weighted by atomic mass is 79.9. The summed E-state index contributed by atoms with van der Waals surface area (Å²) in [6, 6.07) is 8.89. The summed E-state index contributed by atoms with van der Waals surface area (Å²) in [5.74, 6) is -0.445. The Labute approximate surface area is 150 Å². The Morgan fingerprint density at radius 3 is 2.26 bits per heavy atom. The second kappa shape index (κ2) is 7.02. The summed E-state index contributed by atoms with van der Waals surface area (Å²) in [6.07, 6.45) is 1.46. The van der Waals surface area contributed by atoms with E-state index < -0.39 is 5.91 Å². The molecule has 5 nitrogen and oxygen atoms in total. The molecule has 0 aliphatic carbocycles. The number of hydrogen-bond donors (Lipinski definition) is 2. The Hall–Kier alpha value is -2.04. The molecule has 1 aromatic heterocycles. The van der Waals surface area contributed by atoms with Crippen LogP contribution < -0.4 is 5.43 Å². The van der Waals surface area contributed by atoms with Crippen LogP contribution in [0.15, 0.2) is 38.8 Å². The Balaban J connectivity index is 2.33. The Morgan fingerprint density at radius 1 is 1.26 bits per heavy atom. The number of aromatic hydroxyl groups is 1. The van der Waals surface area contributed by atoms with Gasteiger partial charge in [-0.15, -0.1) is 0 Å². The highest BCUT2D eigenvalue weighted by molar-refractivity contribution is 9.11. The van der Waals surface area contributed by atoms with E-state index in [-0.39, 0.29) is 11.3 Å². The molecule has 1 aromatic carbocycles. The first-order valence-corrected chi connectivity index (χ1v) is 8.18. The molecule has 0 saturated heterocycles. The van der Waals surface area contributed by atoms with Crippen LogP contribution in [0.25, 0.3) is 6.08 Å². The highest BCUT2D eigenvalue weighted by Crippen LogP contribution is 2.33. The number of halogens is 2. The molecule has 0 radical (unpaired) electrons. The van der Waals surface area contributed by atoms with Crippen molar-refractivity contribution in [2.45, 2.75) is 13.8 Å². The molecule has 2 aromatic rings. The second-order valence-electron chi connectivity index (χ2n) is 4.90. The van der Waals surface area contributed by atoms with Crippen molar-refractivity contribution in [3.8, 4) is 11.8 Å². The standard InChI is InChI=1S/C16H13Br2N3O2/c1-9-3-4-10(2)21(9)20-16(23)12(8-19)5-11-6-13(17)15(22)14(18)7-11/h3-7,22H,1-2H3,(H,20,23)/b12-5-. The number of carbonyl (C=O) groups is 1. The van der Waals surface area contributed by atoms with Crippen molar-refractivity contribution in [3.05, 3.63) is 55.7 Å². The summed E-state index contributed by atoms with van der Waals surface area (Å²) >= 11 is 6.43. The number of phenolic OH excluding ortho intramolecular Hbond substituents is 1. The van der Waals surface area contributed by atoms with Gasteiger partial charge in [0.15, 0.2) is 0 Å². The van der Waals surface area contributed by atoms with E-state index in [9.17, 15) is 15.2 Å². The third-order valence-corrected chi connectivity index (χ3v) is 4.41. The molecular weight excluding hydrogens is 426 g/mol. The van der Waals surface area contributed by atoms with Gasteiger partial charge in [0.05, 0.1) is 8.95 Å². The average Bonchev–Trinajstić information content (AvgIpc) is 2.81. The monoisotopic (exact) mass is 437 g/mol. The molecule has 2 rings (SSSR count). The summed E-state index contributed by atoms with van der Waals surface area (Å²) in [5.41, 5.74) is 4.98. The minimum Gasteiger partial charge on any atom is -0.506 e. The third-order valence-electron chi connectivity index (χ3n) is 3.20. The molecule has 0 aliphatic heterocycles. The second-order valence-corrected chi connectivity index (χ2v) is 6.60. The molecule has 0 spiro atoms. The fraction of sp³-hybridized carbons (Fsp3) is 0.125. The molecule has 1 heterocycles. The van der Waals surface area contributed by atoms with E-state index in [1.54, 1.807) is 16.8 Å². The first kappa shape index (κ1) is 17.3. The van der Waals surface area contributed by atoms with Gasteiger partial charge in [-0.05, 0) is 81.6 Å². The lowest BCUT2D eigenvalue weighted by atomic mass is 10.1. The summed E-state index contributed by atoms with van der Waals surface area (Å²) in [7, 11) is 0. The van der Waals surface area contributed by atoms with Gasteiger partial charge in [-0.3, -0.25) is 14.9 Å². The molecule has 0 atom stereocenters. The topological polar surface area (TPSA) is 78.0 Å². The van der Waals surface area contributed by atoms with Gasteiger partial charge in [-0.25, -0.2) is 0 Å². The maximum absolute atomic E-state index is 12.3. The number of aromatic nitrogens is 1. The van der Waals surface area contributed by atoms with E-state index >= 15 is 0 Å². The van der Waals surface area contributed by atoms with Crippen molar-refractivity contribution in [2.24, 2.45) is 0 Å². The average molecular weight is 439 g/mol. The molecule has 0 aliphatic rings. The lowest BCUT2D eigenvalue weighted by molar-refractivity contribution is -0.113. The first-order chi connectivity index (χ1) is 10.8. The van der Waals surface area contributed by atoms with Crippen molar-refractivity contribution in [2.75, 3.05) is 5.43 Å². The van der Waals surface area contributed by atoms with Gasteiger partial charge < -0.3 is 5.11 Å². The van der Waals surface area contributed by atoms with Crippen LogP contribution in [0.2, 0.25) is 0 Å². The molecule has 0 bridgehead atoms. The van der Waals surface area contributed by atoms with E-state index in [0.29, 0.717) is 14.5 Å². The number of nitrogens with one attached hydrogen (secondary N) is 1. The molecule has 1 amide bonds. The summed E-state index contributed by atoms with van der Waals surface area (Å²) in [4.78, 5) is 12.3. The summed E-state index contributed by atoms with van der Waals surface area (Å²) < 4.78 is 2.55. The highest BCUT2D eigenvalue weighted by Gasteiger charge is 2.13. The van der Waals surface area contributed by atoms with E-state index in [1.807, 2.05) is 32.0 Å². The van der Waals surface area contributed by atoms with E-state index in [0.717, 1.165) is 11.4 Å². The smallest absolute Gasteiger partial charge is 0.280 e. The van der Waals surface area contributed by atoms with Gasteiger partial charge in [0.25, 0.3) is 5.91 Å². The molecule has 7 heteroatoms. The first-order valence-electron chi connectivity index (χ1n) is 6.59. The van der Waals surface area contributed by atoms with Crippen molar-refractivity contribution >= 4 is 43.8 Å². The third kappa shape index (κ3) is 3.84. The molecule has 0 unspecified atom stereocenters. The van der Waals surface area contributed by atoms with Crippen LogP contribution >= 0.6 is 31.9 Å². The molecule has 2 N–H and O–H groups in total. The van der Waals surface area contributed by atoms with Crippen LogP contribution in [-0.4, -0.2) is 15.7 Å². The molecule has 0 fully saturated rings. The van der Waals surface area contributed by atoms with E-state index in [4.69, 9.17) is 0 Å². The number of carbonyl (C=O) groups excluding carboxylic acids is 1. The minimum atomic E-state index is -0.504. The Morgan fingerprint density at radius 2 is 1.78 bits per heavy atom. The number of hydrogen-bond acceptors (Lipinski definition) is 3. The largest absolute Gasteiger partial charge is 0.506 e. The number of amides is 1. The maximum atomic E-state index is 12.3. The van der Waals surface area contributed by atoms with Gasteiger partial charge in [0, 0.05) is 11.4 Å². The van der Waals surface area contributed by atoms with Crippen LogP contribution in [0.4, 0.5) is 0 Å². The van der Waals surface area contributed by atoms with E-state index in [1.165, 1.54) is 6.08 Å². The summed E-state index contributed by atoms with van der Waals surface area (Å²) in [5, 5.41) is 19.0. The van der Waals surface area contributed by atoms with Crippen molar-refractivity contribution in [1.29, 1.82) is 5.26 Å². The van der Waals surface area contributed by atoms with Crippen molar-refractivity contribution in [3.63, 3.8) is 0 Å². The number of benzene rings is 1. The number of nitrogens with zero attached hydrogens (tertiary/aromatic N) is 2. The van der Waals surface area contributed by atoms with Gasteiger partial charge in [-0.2, -0.15) is 5.26 Å². The van der Waals surface area contributed by atoms with Crippen molar-refractivity contribution in [1.82, 2.24) is 4.68 Å². The Kier molecular flexibility index (Phi) is 5.29. The number of rotatable bonds is 3. The van der Waals surface area contributed by atoms with Crippen molar-refractivity contribution < 1.29 is 9.90 Å². The molecule has 0 saturated carbocycles. The SMILES string of the molecule is Cc1ccc(C)n1NC(=O)/C(C#N)=C\c1cc(Br)c(O)c(Br)c1. The predicted octanol–water partition coefficient (Wildman–Crippen LogP) is 4.01. The number of phenols is 1. The van der Waals surface area contributed by atoms with Crippen LogP contribution in [-0.2, 0) is 4.79 Å². The fourth-order valence-electron chi connectivity index (χ4n) is 1.99. The summed E-state index contributed by atoms with van der Waals surface area (Å²) in [6.45, 7) is 3.72. The van der Waals surface area contributed by atoms with Crippen LogP contribution in [0.3, 0.4) is 0 Å². The molecule has 23 heavy (non-hydrogen) atoms. The minimum absolute atomic E-state index is 0.0398. The lowest BCUT2D eigenvalue weighted by Gasteiger charge is -2.10. The zero-order chi connectivity index (χ0) is 17.1. The fourth-order valence-corrected chi connectivity index (χ4v) is 3.21. The Bertz CT molecular complexity index is 805. The van der Waals surface area contributed by atoms with Gasteiger partial charge in [0.1, 0.15) is 17.4 Å². The predicted molar refractivity (Wildman–Crippen MR) is 95.4 cm³/mol. The van der Waals surface area contributed by atoms with E-state index in [2.05, 4.69) is 37.3 Å². The van der Waals surface area contributed by atoms with Crippen LogP contribution in [0, 0.1) is 25.2 Å². The normalized spacial score (nSPS) is 11.2. The quantitative estimate of drug-likeness (QED) is 0.561.